The molecule has 2 aromatic carbocycles. The zero-order chi connectivity index (χ0) is 18.5. The van der Waals surface area contributed by atoms with Gasteiger partial charge in [-0.05, 0) is 24.2 Å². The Kier molecular flexibility index (Phi) is 5.60. The maximum atomic E-state index is 10.9. The maximum absolute atomic E-state index is 10.9. The minimum absolute atomic E-state index is 0.0146. The SMILES string of the molecule is CN(Cc1nc(Cc2ccccc2)no1)Cc1cc([N+](=O)[O-])ccc1Cl. The van der Waals surface area contributed by atoms with Crippen molar-refractivity contribution in [1.29, 1.82) is 0 Å². The van der Waals surface area contributed by atoms with E-state index in [-0.39, 0.29) is 5.69 Å². The molecule has 3 aromatic rings. The molecule has 0 atom stereocenters. The number of nitro benzene ring substituents is 1. The van der Waals surface area contributed by atoms with Gasteiger partial charge in [-0.2, -0.15) is 4.98 Å². The summed E-state index contributed by atoms with van der Waals surface area (Å²) in [5, 5.41) is 15.4. The molecule has 8 heteroatoms. The van der Waals surface area contributed by atoms with Crippen LogP contribution in [0.1, 0.15) is 22.8 Å². The Morgan fingerprint density at radius 3 is 2.69 bits per heavy atom. The van der Waals surface area contributed by atoms with E-state index in [2.05, 4.69) is 10.1 Å². The first kappa shape index (κ1) is 18.0. The minimum atomic E-state index is -0.437. The quantitative estimate of drug-likeness (QED) is 0.462. The van der Waals surface area contributed by atoms with Crippen LogP contribution in [0.5, 0.6) is 0 Å². The van der Waals surface area contributed by atoms with Crippen LogP contribution in [0.15, 0.2) is 53.1 Å². The number of halogens is 1. The summed E-state index contributed by atoms with van der Waals surface area (Å²) < 4.78 is 5.29. The monoisotopic (exact) mass is 372 g/mol. The van der Waals surface area contributed by atoms with Crippen LogP contribution in [-0.2, 0) is 19.5 Å². The molecular formula is C18H17ClN4O3. The number of rotatable bonds is 7. The lowest BCUT2D eigenvalue weighted by atomic mass is 10.1. The fourth-order valence-corrected chi connectivity index (χ4v) is 2.76. The van der Waals surface area contributed by atoms with Crippen LogP contribution in [0.25, 0.3) is 0 Å². The molecule has 0 saturated carbocycles. The second-order valence-corrected chi connectivity index (χ2v) is 6.38. The highest BCUT2D eigenvalue weighted by Crippen LogP contribution is 2.23. The van der Waals surface area contributed by atoms with Crippen LogP contribution >= 0.6 is 11.6 Å². The maximum Gasteiger partial charge on any atom is 0.269 e. The Balaban J connectivity index is 1.63. The number of aromatic nitrogens is 2. The largest absolute Gasteiger partial charge is 0.338 e. The molecule has 0 radical (unpaired) electrons. The van der Waals surface area contributed by atoms with Gasteiger partial charge in [-0.3, -0.25) is 15.0 Å². The Morgan fingerprint density at radius 1 is 1.19 bits per heavy atom. The van der Waals surface area contributed by atoms with Gasteiger partial charge in [0, 0.05) is 30.1 Å². The van der Waals surface area contributed by atoms with Crippen LogP contribution in [0, 0.1) is 10.1 Å². The molecule has 3 rings (SSSR count). The summed E-state index contributed by atoms with van der Waals surface area (Å²) in [6.45, 7) is 0.845. The van der Waals surface area contributed by atoms with Crippen molar-refractivity contribution in [2.45, 2.75) is 19.5 Å². The van der Waals surface area contributed by atoms with E-state index in [0.29, 0.717) is 41.8 Å². The third-order valence-corrected chi connectivity index (χ3v) is 4.17. The number of hydrogen-bond acceptors (Lipinski definition) is 6. The molecule has 0 aliphatic carbocycles. The van der Waals surface area contributed by atoms with Gasteiger partial charge >= 0.3 is 0 Å². The van der Waals surface area contributed by atoms with Gasteiger partial charge in [-0.25, -0.2) is 0 Å². The van der Waals surface area contributed by atoms with Crippen LogP contribution in [0.2, 0.25) is 5.02 Å². The molecule has 0 N–H and O–H groups in total. The molecule has 7 nitrogen and oxygen atoms in total. The van der Waals surface area contributed by atoms with Crippen molar-refractivity contribution in [3.63, 3.8) is 0 Å². The highest BCUT2D eigenvalue weighted by atomic mass is 35.5. The lowest BCUT2D eigenvalue weighted by molar-refractivity contribution is -0.384. The zero-order valence-electron chi connectivity index (χ0n) is 14.1. The van der Waals surface area contributed by atoms with Gasteiger partial charge in [0.25, 0.3) is 5.69 Å². The first-order valence-electron chi connectivity index (χ1n) is 7.98. The van der Waals surface area contributed by atoms with Gasteiger partial charge in [0.05, 0.1) is 11.5 Å². The Labute approximate surface area is 155 Å². The van der Waals surface area contributed by atoms with E-state index in [1.807, 2.05) is 42.3 Å². The predicted octanol–water partition coefficient (Wildman–Crippen LogP) is 3.85. The molecule has 0 saturated heterocycles. The Hall–Kier alpha value is -2.77. The van der Waals surface area contributed by atoms with Gasteiger partial charge in [-0.15, -0.1) is 0 Å². The predicted molar refractivity (Wildman–Crippen MR) is 96.8 cm³/mol. The van der Waals surface area contributed by atoms with Gasteiger partial charge < -0.3 is 4.52 Å². The fourth-order valence-electron chi connectivity index (χ4n) is 2.58. The van der Waals surface area contributed by atoms with Crippen LogP contribution in [-0.4, -0.2) is 27.0 Å². The normalized spacial score (nSPS) is 11.0. The summed E-state index contributed by atoms with van der Waals surface area (Å²) in [5.41, 5.74) is 1.80. The van der Waals surface area contributed by atoms with Crippen molar-refractivity contribution >= 4 is 17.3 Å². The van der Waals surface area contributed by atoms with E-state index in [1.54, 1.807) is 0 Å². The zero-order valence-corrected chi connectivity index (χ0v) is 14.9. The van der Waals surface area contributed by atoms with Crippen molar-refractivity contribution in [3.8, 4) is 0 Å². The van der Waals surface area contributed by atoms with E-state index in [4.69, 9.17) is 16.1 Å². The molecule has 26 heavy (non-hydrogen) atoms. The third-order valence-electron chi connectivity index (χ3n) is 3.80. The van der Waals surface area contributed by atoms with Crippen LogP contribution < -0.4 is 0 Å². The second kappa shape index (κ2) is 8.07. The van der Waals surface area contributed by atoms with E-state index in [1.165, 1.54) is 18.2 Å². The molecular weight excluding hydrogens is 356 g/mol. The average Bonchev–Trinajstić information content (AvgIpc) is 3.04. The standard InChI is InChI=1S/C18H17ClN4O3/c1-22(11-14-10-15(23(24)25)7-8-16(14)19)12-18-20-17(21-26-18)9-13-5-3-2-4-6-13/h2-8,10H,9,11-12H2,1H3. The topological polar surface area (TPSA) is 85.3 Å². The molecule has 0 bridgehead atoms. The highest BCUT2D eigenvalue weighted by Gasteiger charge is 2.14. The molecule has 0 aliphatic heterocycles. The number of benzene rings is 2. The van der Waals surface area contributed by atoms with Gasteiger partial charge in [-0.1, -0.05) is 47.1 Å². The van der Waals surface area contributed by atoms with E-state index in [9.17, 15) is 10.1 Å². The van der Waals surface area contributed by atoms with Crippen molar-refractivity contribution in [2.24, 2.45) is 0 Å². The van der Waals surface area contributed by atoms with E-state index >= 15 is 0 Å². The van der Waals surface area contributed by atoms with Crippen LogP contribution in [0.3, 0.4) is 0 Å². The Morgan fingerprint density at radius 2 is 1.96 bits per heavy atom. The van der Waals surface area contributed by atoms with E-state index < -0.39 is 4.92 Å². The minimum Gasteiger partial charge on any atom is -0.338 e. The number of hydrogen-bond donors (Lipinski definition) is 0. The summed E-state index contributed by atoms with van der Waals surface area (Å²) >= 11 is 6.14. The Bertz CT molecular complexity index is 898. The average molecular weight is 373 g/mol. The van der Waals surface area contributed by atoms with Gasteiger partial charge in [0.1, 0.15) is 0 Å². The molecule has 1 aromatic heterocycles. The van der Waals surface area contributed by atoms with Crippen LogP contribution in [0.4, 0.5) is 5.69 Å². The van der Waals surface area contributed by atoms with Crippen molar-refractivity contribution in [1.82, 2.24) is 15.0 Å². The molecule has 0 unspecified atom stereocenters. The first-order valence-corrected chi connectivity index (χ1v) is 8.36. The fraction of sp³-hybridized carbons (Fsp3) is 0.222. The molecule has 0 fully saturated rings. The number of nitro groups is 1. The molecule has 1 heterocycles. The second-order valence-electron chi connectivity index (χ2n) is 5.97. The first-order chi connectivity index (χ1) is 12.5. The molecule has 0 spiro atoms. The highest BCUT2D eigenvalue weighted by molar-refractivity contribution is 6.31. The lowest BCUT2D eigenvalue weighted by Gasteiger charge is -2.15. The van der Waals surface area contributed by atoms with Crippen molar-refractivity contribution < 1.29 is 9.45 Å². The third kappa shape index (κ3) is 4.65. The number of non-ortho nitro benzene ring substituents is 1. The van der Waals surface area contributed by atoms with Crippen molar-refractivity contribution in [3.05, 3.63) is 86.5 Å². The summed E-state index contributed by atoms with van der Waals surface area (Å²) in [6.07, 6.45) is 0.602. The van der Waals surface area contributed by atoms with E-state index in [0.717, 1.165) is 5.56 Å². The lowest BCUT2D eigenvalue weighted by Crippen LogP contribution is -2.17. The van der Waals surface area contributed by atoms with Gasteiger partial charge in [0.2, 0.25) is 5.89 Å². The summed E-state index contributed by atoms with van der Waals surface area (Å²) in [4.78, 5) is 16.8. The smallest absolute Gasteiger partial charge is 0.269 e. The summed E-state index contributed by atoms with van der Waals surface area (Å²) in [5.74, 6) is 1.10. The molecule has 134 valence electrons. The summed E-state index contributed by atoms with van der Waals surface area (Å²) in [6, 6.07) is 14.3. The number of nitrogens with zero attached hydrogens (tertiary/aromatic N) is 4. The summed E-state index contributed by atoms with van der Waals surface area (Å²) in [7, 11) is 1.86. The molecule has 0 aliphatic rings. The van der Waals surface area contributed by atoms with Gasteiger partial charge in [0.15, 0.2) is 5.82 Å². The van der Waals surface area contributed by atoms with Crippen molar-refractivity contribution in [2.75, 3.05) is 7.05 Å². The molecule has 0 amide bonds.